The van der Waals surface area contributed by atoms with Gasteiger partial charge in [0.05, 0.1) is 12.2 Å². The van der Waals surface area contributed by atoms with Crippen molar-refractivity contribution in [3.05, 3.63) is 11.8 Å². The van der Waals surface area contributed by atoms with E-state index < -0.39 is 0 Å². The van der Waals surface area contributed by atoms with Gasteiger partial charge in [0.15, 0.2) is 0 Å². The SMILES string of the molecule is CC1CN(/C=C(/C#N)C(=O)N2CCN(CCN)CC2)CC(C)O1. The number of amides is 1. The normalized spacial score (nSPS) is 27.0. The van der Waals surface area contributed by atoms with Crippen molar-refractivity contribution in [1.29, 1.82) is 5.26 Å². The van der Waals surface area contributed by atoms with Crippen molar-refractivity contribution in [2.75, 3.05) is 52.4 Å². The van der Waals surface area contributed by atoms with Crippen molar-refractivity contribution in [2.24, 2.45) is 5.73 Å². The van der Waals surface area contributed by atoms with Crippen LogP contribution in [0, 0.1) is 11.3 Å². The molecule has 2 rings (SSSR count). The number of nitrogens with zero attached hydrogens (tertiary/aromatic N) is 4. The van der Waals surface area contributed by atoms with Gasteiger partial charge in [-0.2, -0.15) is 5.26 Å². The molecule has 7 nitrogen and oxygen atoms in total. The lowest BCUT2D eigenvalue weighted by Gasteiger charge is -2.36. The Morgan fingerprint density at radius 1 is 1.26 bits per heavy atom. The van der Waals surface area contributed by atoms with Gasteiger partial charge in [0.1, 0.15) is 11.6 Å². The van der Waals surface area contributed by atoms with Crippen molar-refractivity contribution in [1.82, 2.24) is 14.7 Å². The van der Waals surface area contributed by atoms with E-state index in [9.17, 15) is 10.1 Å². The molecule has 0 aromatic heterocycles. The van der Waals surface area contributed by atoms with E-state index in [2.05, 4.69) is 11.0 Å². The molecule has 1 amide bonds. The van der Waals surface area contributed by atoms with Gasteiger partial charge in [-0.3, -0.25) is 9.69 Å². The number of morpholine rings is 1. The summed E-state index contributed by atoms with van der Waals surface area (Å²) in [4.78, 5) is 18.6. The van der Waals surface area contributed by atoms with E-state index in [4.69, 9.17) is 10.5 Å². The third-order valence-electron chi connectivity index (χ3n) is 4.22. The standard InChI is InChI=1S/C16H27N5O2/c1-13-10-20(11-14(2)23-13)12-15(9-18)16(22)21-7-5-19(4-3-17)6-8-21/h12-14H,3-8,10-11,17H2,1-2H3/b15-12-. The first-order valence-electron chi connectivity index (χ1n) is 8.26. The number of piperazine rings is 1. The minimum absolute atomic E-state index is 0.102. The zero-order chi connectivity index (χ0) is 16.8. The Labute approximate surface area is 138 Å². The molecular formula is C16H27N5O2. The molecule has 128 valence electrons. The molecule has 0 aromatic carbocycles. The van der Waals surface area contributed by atoms with Gasteiger partial charge in [-0.25, -0.2) is 0 Å². The highest BCUT2D eigenvalue weighted by Crippen LogP contribution is 2.14. The Hall–Kier alpha value is -1.62. The first kappa shape index (κ1) is 17.7. The van der Waals surface area contributed by atoms with Gasteiger partial charge in [0, 0.05) is 58.6 Å². The largest absolute Gasteiger partial charge is 0.372 e. The zero-order valence-corrected chi connectivity index (χ0v) is 14.1. The number of hydrogen-bond acceptors (Lipinski definition) is 6. The number of nitriles is 1. The Bertz CT molecular complexity index is 469. The van der Waals surface area contributed by atoms with E-state index in [0.717, 1.165) is 19.6 Å². The van der Waals surface area contributed by atoms with Crippen molar-refractivity contribution in [3.8, 4) is 6.07 Å². The summed E-state index contributed by atoms with van der Waals surface area (Å²) in [6.45, 7) is 9.81. The Morgan fingerprint density at radius 3 is 2.39 bits per heavy atom. The molecule has 7 heteroatoms. The molecule has 2 N–H and O–H groups in total. The number of carbonyl (C=O) groups excluding carboxylic acids is 1. The summed E-state index contributed by atoms with van der Waals surface area (Å²) in [6.07, 6.45) is 1.90. The first-order chi connectivity index (χ1) is 11.0. The summed E-state index contributed by atoms with van der Waals surface area (Å²) in [7, 11) is 0. The molecule has 0 aliphatic carbocycles. The van der Waals surface area contributed by atoms with E-state index >= 15 is 0 Å². The number of hydrogen-bond donors (Lipinski definition) is 1. The Morgan fingerprint density at radius 2 is 1.87 bits per heavy atom. The third kappa shape index (κ3) is 4.93. The predicted molar refractivity (Wildman–Crippen MR) is 87.4 cm³/mol. The smallest absolute Gasteiger partial charge is 0.266 e. The lowest BCUT2D eigenvalue weighted by atomic mass is 10.2. The number of ether oxygens (including phenoxy) is 1. The van der Waals surface area contributed by atoms with Crippen LogP contribution in [0.15, 0.2) is 11.8 Å². The molecule has 0 radical (unpaired) electrons. The van der Waals surface area contributed by atoms with Crippen LogP contribution in [0.25, 0.3) is 0 Å². The van der Waals surface area contributed by atoms with Crippen LogP contribution < -0.4 is 5.73 Å². The van der Waals surface area contributed by atoms with E-state index in [1.54, 1.807) is 11.1 Å². The van der Waals surface area contributed by atoms with Crippen molar-refractivity contribution in [2.45, 2.75) is 26.1 Å². The van der Waals surface area contributed by atoms with Crippen molar-refractivity contribution >= 4 is 5.91 Å². The van der Waals surface area contributed by atoms with E-state index in [1.807, 2.05) is 18.7 Å². The molecule has 2 aliphatic heterocycles. The van der Waals surface area contributed by atoms with Crippen LogP contribution in [0.2, 0.25) is 0 Å². The Balaban J connectivity index is 1.96. The molecule has 2 atom stereocenters. The number of rotatable bonds is 4. The van der Waals surface area contributed by atoms with Crippen LogP contribution >= 0.6 is 0 Å². The second-order valence-corrected chi connectivity index (χ2v) is 6.29. The monoisotopic (exact) mass is 321 g/mol. The summed E-state index contributed by atoms with van der Waals surface area (Å²) >= 11 is 0. The highest BCUT2D eigenvalue weighted by atomic mass is 16.5. The third-order valence-corrected chi connectivity index (χ3v) is 4.22. The van der Waals surface area contributed by atoms with Gasteiger partial charge in [-0.15, -0.1) is 0 Å². The zero-order valence-electron chi connectivity index (χ0n) is 14.1. The second kappa shape index (κ2) is 8.29. The number of nitrogens with two attached hydrogens (primary N) is 1. The highest BCUT2D eigenvalue weighted by molar-refractivity contribution is 5.97. The average Bonchev–Trinajstić information content (AvgIpc) is 2.52. The van der Waals surface area contributed by atoms with Crippen molar-refractivity contribution in [3.63, 3.8) is 0 Å². The van der Waals surface area contributed by atoms with Gasteiger partial charge in [0.25, 0.3) is 5.91 Å². The average molecular weight is 321 g/mol. The maximum Gasteiger partial charge on any atom is 0.266 e. The summed E-state index contributed by atoms with van der Waals surface area (Å²) < 4.78 is 5.68. The number of carbonyl (C=O) groups is 1. The van der Waals surface area contributed by atoms with Gasteiger partial charge in [-0.05, 0) is 13.8 Å². The van der Waals surface area contributed by atoms with Crippen LogP contribution in [0.5, 0.6) is 0 Å². The summed E-state index contributed by atoms with van der Waals surface area (Å²) in [6, 6.07) is 2.07. The molecule has 2 unspecified atom stereocenters. The van der Waals surface area contributed by atoms with E-state index in [1.165, 1.54) is 0 Å². The van der Waals surface area contributed by atoms with Crippen LogP contribution in [0.3, 0.4) is 0 Å². The molecule has 0 saturated carbocycles. The van der Waals surface area contributed by atoms with E-state index in [-0.39, 0.29) is 23.7 Å². The van der Waals surface area contributed by atoms with Gasteiger partial charge < -0.3 is 20.3 Å². The molecule has 23 heavy (non-hydrogen) atoms. The minimum Gasteiger partial charge on any atom is -0.372 e. The fourth-order valence-electron chi connectivity index (χ4n) is 3.17. The predicted octanol–water partition coefficient (Wildman–Crippen LogP) is -0.394. The van der Waals surface area contributed by atoms with Gasteiger partial charge in [-0.1, -0.05) is 0 Å². The molecule has 0 spiro atoms. The lowest BCUT2D eigenvalue weighted by Crippen LogP contribution is -2.50. The van der Waals surface area contributed by atoms with Gasteiger partial charge >= 0.3 is 0 Å². The van der Waals surface area contributed by atoms with Crippen LogP contribution in [-0.4, -0.2) is 85.2 Å². The fraction of sp³-hybridized carbons (Fsp3) is 0.750. The summed E-state index contributed by atoms with van der Waals surface area (Å²) in [5.41, 5.74) is 5.77. The lowest BCUT2D eigenvalue weighted by molar-refractivity contribution is -0.128. The molecule has 0 aromatic rings. The van der Waals surface area contributed by atoms with Crippen molar-refractivity contribution < 1.29 is 9.53 Å². The summed E-state index contributed by atoms with van der Waals surface area (Å²) in [5, 5.41) is 9.38. The fourth-order valence-corrected chi connectivity index (χ4v) is 3.17. The maximum absolute atomic E-state index is 12.6. The molecule has 2 fully saturated rings. The van der Waals surface area contributed by atoms with Gasteiger partial charge in [0.2, 0.25) is 0 Å². The topological polar surface area (TPSA) is 85.8 Å². The molecule has 0 bridgehead atoms. The molecule has 2 saturated heterocycles. The maximum atomic E-state index is 12.6. The molecular weight excluding hydrogens is 294 g/mol. The highest BCUT2D eigenvalue weighted by Gasteiger charge is 2.25. The van der Waals surface area contributed by atoms with Crippen LogP contribution in [0.1, 0.15) is 13.8 Å². The van der Waals surface area contributed by atoms with Crippen LogP contribution in [0.4, 0.5) is 0 Å². The van der Waals surface area contributed by atoms with Crippen LogP contribution in [-0.2, 0) is 9.53 Å². The minimum atomic E-state index is -0.174. The second-order valence-electron chi connectivity index (χ2n) is 6.29. The molecule has 2 aliphatic rings. The summed E-state index contributed by atoms with van der Waals surface area (Å²) in [5.74, 6) is -0.174. The molecule has 2 heterocycles. The Kier molecular flexibility index (Phi) is 6.39. The van der Waals surface area contributed by atoms with E-state index in [0.29, 0.717) is 32.7 Å². The quantitative estimate of drug-likeness (QED) is 0.560. The first-order valence-corrected chi connectivity index (χ1v) is 8.26.